The summed E-state index contributed by atoms with van der Waals surface area (Å²) >= 11 is 0. The van der Waals surface area contributed by atoms with E-state index in [1.54, 1.807) is 29.4 Å². The third-order valence-electron chi connectivity index (χ3n) is 1.59. The molecule has 4 nitrogen and oxygen atoms in total. The van der Waals surface area contributed by atoms with Crippen molar-refractivity contribution in [3.8, 4) is 5.69 Å². The van der Waals surface area contributed by atoms with Gasteiger partial charge in [0.1, 0.15) is 0 Å². The van der Waals surface area contributed by atoms with Crippen LogP contribution >= 0.6 is 12.4 Å². The molecule has 0 aliphatic rings. The molecule has 0 atom stereocenters. The molecule has 0 unspecified atom stereocenters. The van der Waals surface area contributed by atoms with Crippen molar-refractivity contribution < 1.29 is 0 Å². The zero-order valence-electron chi connectivity index (χ0n) is 6.79. The van der Waals surface area contributed by atoms with Gasteiger partial charge in [-0.05, 0) is 12.1 Å². The number of halogens is 1. The van der Waals surface area contributed by atoms with Gasteiger partial charge < -0.3 is 5.73 Å². The van der Waals surface area contributed by atoms with Crippen LogP contribution in [-0.4, -0.2) is 14.5 Å². The number of hydrogen-bond acceptors (Lipinski definition) is 3. The predicted octanol–water partition coefficient (Wildman–Crippen LogP) is 1.27. The summed E-state index contributed by atoms with van der Waals surface area (Å²) in [6.45, 7) is 0. The zero-order chi connectivity index (χ0) is 8.39. The monoisotopic (exact) mass is 196 g/mol. The van der Waals surface area contributed by atoms with Crippen LogP contribution in [0.25, 0.3) is 5.69 Å². The lowest BCUT2D eigenvalue weighted by Crippen LogP contribution is -1.99. The van der Waals surface area contributed by atoms with E-state index in [1.807, 2.05) is 12.1 Å². The number of nitrogens with zero attached hydrogens (tertiary/aromatic N) is 3. The van der Waals surface area contributed by atoms with Crippen LogP contribution in [-0.2, 0) is 0 Å². The Bertz CT molecular complexity index is 371. The smallest absolute Gasteiger partial charge is 0.204 e. The molecule has 0 aliphatic heterocycles. The van der Waals surface area contributed by atoms with Gasteiger partial charge in [0.2, 0.25) is 5.95 Å². The highest BCUT2D eigenvalue weighted by molar-refractivity contribution is 5.85. The van der Waals surface area contributed by atoms with Crippen LogP contribution in [0.3, 0.4) is 0 Å². The quantitative estimate of drug-likeness (QED) is 0.748. The molecule has 68 valence electrons. The maximum absolute atomic E-state index is 5.60. The van der Waals surface area contributed by atoms with Crippen molar-refractivity contribution in [2.24, 2.45) is 0 Å². The predicted molar refractivity (Wildman–Crippen MR) is 53.0 cm³/mol. The molecule has 0 amide bonds. The number of pyridine rings is 1. The molecule has 0 radical (unpaired) electrons. The first-order valence-corrected chi connectivity index (χ1v) is 3.57. The van der Waals surface area contributed by atoms with Gasteiger partial charge in [-0.2, -0.15) is 0 Å². The van der Waals surface area contributed by atoms with Crippen LogP contribution in [0.1, 0.15) is 0 Å². The van der Waals surface area contributed by atoms with Crippen molar-refractivity contribution in [2.45, 2.75) is 0 Å². The highest BCUT2D eigenvalue weighted by Crippen LogP contribution is 2.08. The number of nitrogen functional groups attached to an aromatic ring is 1. The largest absolute Gasteiger partial charge is 0.369 e. The maximum atomic E-state index is 5.60. The number of hydrogen-bond donors (Lipinski definition) is 1. The standard InChI is InChI=1S/C8H8N4.ClH/c9-8-11-4-5-12(8)7-2-1-3-10-6-7;/h1-6H,(H2,9,11);1H. The molecule has 2 heterocycles. The number of anilines is 1. The van der Waals surface area contributed by atoms with Crippen LogP contribution in [0.2, 0.25) is 0 Å². The fourth-order valence-corrected chi connectivity index (χ4v) is 1.03. The summed E-state index contributed by atoms with van der Waals surface area (Å²) < 4.78 is 1.77. The fourth-order valence-electron chi connectivity index (χ4n) is 1.03. The summed E-state index contributed by atoms with van der Waals surface area (Å²) in [5.41, 5.74) is 6.52. The lowest BCUT2D eigenvalue weighted by molar-refractivity contribution is 1.05. The summed E-state index contributed by atoms with van der Waals surface area (Å²) in [5, 5.41) is 0. The molecule has 0 saturated heterocycles. The van der Waals surface area contributed by atoms with E-state index in [-0.39, 0.29) is 12.4 Å². The molecule has 2 N–H and O–H groups in total. The normalized spacial score (nSPS) is 9.23. The lowest BCUT2D eigenvalue weighted by Gasteiger charge is -2.01. The van der Waals surface area contributed by atoms with E-state index in [9.17, 15) is 0 Å². The minimum atomic E-state index is 0. The van der Waals surface area contributed by atoms with Gasteiger partial charge >= 0.3 is 0 Å². The van der Waals surface area contributed by atoms with Crippen LogP contribution in [0.15, 0.2) is 36.9 Å². The van der Waals surface area contributed by atoms with E-state index < -0.39 is 0 Å². The lowest BCUT2D eigenvalue weighted by atomic mass is 10.4. The second kappa shape index (κ2) is 3.91. The van der Waals surface area contributed by atoms with Gasteiger partial charge in [0.25, 0.3) is 0 Å². The summed E-state index contributed by atoms with van der Waals surface area (Å²) in [5.74, 6) is 0.475. The van der Waals surface area contributed by atoms with Gasteiger partial charge in [-0.1, -0.05) is 0 Å². The van der Waals surface area contributed by atoms with Crippen molar-refractivity contribution >= 4 is 18.4 Å². The second-order valence-electron chi connectivity index (χ2n) is 2.37. The molecule has 13 heavy (non-hydrogen) atoms. The Kier molecular flexibility index (Phi) is 2.87. The summed E-state index contributed by atoms with van der Waals surface area (Å²) in [4.78, 5) is 7.88. The molecular formula is C8H9ClN4. The molecule has 2 aromatic rings. The fraction of sp³-hybridized carbons (Fsp3) is 0. The van der Waals surface area contributed by atoms with E-state index in [4.69, 9.17) is 5.73 Å². The summed E-state index contributed by atoms with van der Waals surface area (Å²) in [7, 11) is 0. The Labute approximate surface area is 81.8 Å². The second-order valence-corrected chi connectivity index (χ2v) is 2.37. The first-order chi connectivity index (χ1) is 5.88. The average Bonchev–Trinajstić information content (AvgIpc) is 2.53. The summed E-state index contributed by atoms with van der Waals surface area (Å²) in [6, 6.07) is 3.78. The van der Waals surface area contributed by atoms with E-state index in [2.05, 4.69) is 9.97 Å². The number of nitrogens with two attached hydrogens (primary N) is 1. The number of rotatable bonds is 1. The van der Waals surface area contributed by atoms with Crippen molar-refractivity contribution in [3.63, 3.8) is 0 Å². The highest BCUT2D eigenvalue weighted by Gasteiger charge is 1.98. The topological polar surface area (TPSA) is 56.7 Å². The Morgan fingerprint density at radius 3 is 2.69 bits per heavy atom. The van der Waals surface area contributed by atoms with Gasteiger partial charge in [-0.25, -0.2) is 4.98 Å². The van der Waals surface area contributed by atoms with Crippen molar-refractivity contribution in [1.82, 2.24) is 14.5 Å². The molecule has 5 heteroatoms. The average molecular weight is 197 g/mol. The van der Waals surface area contributed by atoms with E-state index in [0.717, 1.165) is 5.69 Å². The van der Waals surface area contributed by atoms with E-state index >= 15 is 0 Å². The molecule has 0 fully saturated rings. The minimum Gasteiger partial charge on any atom is -0.369 e. The molecular weight excluding hydrogens is 188 g/mol. The zero-order valence-corrected chi connectivity index (χ0v) is 7.61. The molecule has 2 rings (SSSR count). The van der Waals surface area contributed by atoms with Crippen molar-refractivity contribution in [1.29, 1.82) is 0 Å². The van der Waals surface area contributed by atoms with Crippen molar-refractivity contribution in [2.75, 3.05) is 5.73 Å². The molecule has 0 spiro atoms. The molecule has 0 aliphatic carbocycles. The molecule has 2 aromatic heterocycles. The van der Waals surface area contributed by atoms with Gasteiger partial charge in [-0.3, -0.25) is 9.55 Å². The molecule has 0 aromatic carbocycles. The number of imidazole rings is 1. The van der Waals surface area contributed by atoms with Crippen LogP contribution in [0, 0.1) is 0 Å². The Morgan fingerprint density at radius 1 is 1.31 bits per heavy atom. The van der Waals surface area contributed by atoms with Crippen LogP contribution in [0.4, 0.5) is 5.95 Å². The third-order valence-corrected chi connectivity index (χ3v) is 1.59. The molecule has 0 bridgehead atoms. The van der Waals surface area contributed by atoms with Gasteiger partial charge in [-0.15, -0.1) is 12.4 Å². The van der Waals surface area contributed by atoms with E-state index in [1.165, 1.54) is 0 Å². The van der Waals surface area contributed by atoms with Crippen LogP contribution < -0.4 is 5.73 Å². The number of aromatic nitrogens is 3. The van der Waals surface area contributed by atoms with Gasteiger partial charge in [0.15, 0.2) is 0 Å². The van der Waals surface area contributed by atoms with Crippen molar-refractivity contribution in [3.05, 3.63) is 36.9 Å². The Balaban J connectivity index is 0.000000845. The summed E-state index contributed by atoms with van der Waals surface area (Å²) in [6.07, 6.45) is 6.91. The SMILES string of the molecule is Cl.Nc1nccn1-c1cccnc1. The van der Waals surface area contributed by atoms with Gasteiger partial charge in [0.05, 0.1) is 11.9 Å². The Morgan fingerprint density at radius 2 is 2.15 bits per heavy atom. The van der Waals surface area contributed by atoms with E-state index in [0.29, 0.717) is 5.95 Å². The first kappa shape index (κ1) is 9.54. The highest BCUT2D eigenvalue weighted by atomic mass is 35.5. The third kappa shape index (κ3) is 1.78. The molecule has 0 saturated carbocycles. The van der Waals surface area contributed by atoms with Crippen LogP contribution in [0.5, 0.6) is 0 Å². The first-order valence-electron chi connectivity index (χ1n) is 3.57. The maximum Gasteiger partial charge on any atom is 0.204 e. The Hall–Kier alpha value is -1.55. The van der Waals surface area contributed by atoms with Gasteiger partial charge in [0, 0.05) is 18.6 Å². The minimum absolute atomic E-state index is 0.